The van der Waals surface area contributed by atoms with Crippen molar-refractivity contribution >= 4 is 17.8 Å². The zero-order valence-electron chi connectivity index (χ0n) is 13.4. The number of rotatable bonds is 7. The Hall–Kier alpha value is -3.29. The van der Waals surface area contributed by atoms with Crippen molar-refractivity contribution in [3.8, 4) is 0 Å². The lowest BCUT2D eigenvalue weighted by molar-refractivity contribution is -0.150. The second-order valence-corrected chi connectivity index (χ2v) is 5.37. The SMILES string of the molecule is O=C(NC(Cc1cc(F)ccc1F)C(=O)C(=O)O)OCc1ccccc1. The molecule has 0 aliphatic heterocycles. The first kappa shape index (κ1) is 19.0. The molecule has 2 rings (SSSR count). The van der Waals surface area contributed by atoms with Crippen LogP contribution in [-0.2, 0) is 27.4 Å². The Labute approximate surface area is 147 Å². The van der Waals surface area contributed by atoms with Gasteiger partial charge in [0.2, 0.25) is 0 Å². The summed E-state index contributed by atoms with van der Waals surface area (Å²) in [7, 11) is 0. The van der Waals surface area contributed by atoms with Crippen LogP contribution in [0.15, 0.2) is 48.5 Å². The van der Waals surface area contributed by atoms with Crippen LogP contribution in [0.25, 0.3) is 0 Å². The van der Waals surface area contributed by atoms with E-state index in [0.717, 1.165) is 18.2 Å². The van der Waals surface area contributed by atoms with Gasteiger partial charge in [-0.05, 0) is 29.3 Å². The lowest BCUT2D eigenvalue weighted by Crippen LogP contribution is -2.45. The van der Waals surface area contributed by atoms with Crippen LogP contribution >= 0.6 is 0 Å². The van der Waals surface area contributed by atoms with Crippen LogP contribution < -0.4 is 5.32 Å². The molecule has 0 aliphatic carbocycles. The number of carbonyl (C=O) groups excluding carboxylic acids is 2. The normalized spacial score (nSPS) is 11.5. The summed E-state index contributed by atoms with van der Waals surface area (Å²) >= 11 is 0. The molecule has 0 spiro atoms. The number of amides is 1. The number of nitrogens with one attached hydrogen (secondary N) is 1. The number of carboxylic acid groups (broad SMARTS) is 1. The highest BCUT2D eigenvalue weighted by molar-refractivity contribution is 6.35. The highest BCUT2D eigenvalue weighted by atomic mass is 19.1. The third kappa shape index (κ3) is 5.37. The van der Waals surface area contributed by atoms with Gasteiger partial charge in [0.05, 0.1) is 0 Å². The van der Waals surface area contributed by atoms with E-state index in [1.54, 1.807) is 30.3 Å². The van der Waals surface area contributed by atoms with E-state index in [0.29, 0.717) is 5.56 Å². The van der Waals surface area contributed by atoms with E-state index in [-0.39, 0.29) is 12.2 Å². The van der Waals surface area contributed by atoms with Crippen molar-refractivity contribution in [2.75, 3.05) is 0 Å². The fraction of sp³-hybridized carbons (Fsp3) is 0.167. The average molecular weight is 363 g/mol. The van der Waals surface area contributed by atoms with E-state index in [9.17, 15) is 23.2 Å². The molecule has 0 fully saturated rings. The number of benzene rings is 2. The molecule has 26 heavy (non-hydrogen) atoms. The van der Waals surface area contributed by atoms with Crippen LogP contribution in [0.2, 0.25) is 0 Å². The van der Waals surface area contributed by atoms with Crippen LogP contribution in [0.1, 0.15) is 11.1 Å². The number of hydrogen-bond donors (Lipinski definition) is 2. The van der Waals surface area contributed by atoms with Crippen molar-refractivity contribution in [3.63, 3.8) is 0 Å². The Morgan fingerprint density at radius 3 is 2.42 bits per heavy atom. The van der Waals surface area contributed by atoms with Gasteiger partial charge >= 0.3 is 12.1 Å². The van der Waals surface area contributed by atoms with Crippen LogP contribution in [0.4, 0.5) is 13.6 Å². The van der Waals surface area contributed by atoms with Gasteiger partial charge in [0, 0.05) is 6.42 Å². The van der Waals surface area contributed by atoms with E-state index in [1.165, 1.54) is 0 Å². The number of aliphatic carboxylic acids is 1. The lowest BCUT2D eigenvalue weighted by atomic mass is 10.0. The Kier molecular flexibility index (Phi) is 6.37. The van der Waals surface area contributed by atoms with Gasteiger partial charge in [-0.15, -0.1) is 0 Å². The van der Waals surface area contributed by atoms with E-state index in [4.69, 9.17) is 9.84 Å². The topological polar surface area (TPSA) is 92.7 Å². The summed E-state index contributed by atoms with van der Waals surface area (Å²) in [6, 6.07) is 9.61. The Morgan fingerprint density at radius 1 is 1.08 bits per heavy atom. The molecule has 0 saturated carbocycles. The van der Waals surface area contributed by atoms with Crippen molar-refractivity contribution in [3.05, 3.63) is 71.3 Å². The number of Topliss-reactive ketones (excluding diaryl/α,β-unsaturated/α-hetero) is 1. The molecule has 6 nitrogen and oxygen atoms in total. The predicted octanol–water partition coefficient (Wildman–Crippen LogP) is 2.46. The van der Waals surface area contributed by atoms with Crippen molar-refractivity contribution in [2.24, 2.45) is 0 Å². The number of carbonyl (C=O) groups is 3. The fourth-order valence-electron chi connectivity index (χ4n) is 2.19. The smallest absolute Gasteiger partial charge is 0.408 e. The van der Waals surface area contributed by atoms with Gasteiger partial charge in [-0.2, -0.15) is 0 Å². The molecule has 0 aliphatic rings. The van der Waals surface area contributed by atoms with Gasteiger partial charge in [0.15, 0.2) is 0 Å². The monoisotopic (exact) mass is 363 g/mol. The summed E-state index contributed by atoms with van der Waals surface area (Å²) in [4.78, 5) is 34.6. The van der Waals surface area contributed by atoms with Gasteiger partial charge in [-0.1, -0.05) is 30.3 Å². The predicted molar refractivity (Wildman–Crippen MR) is 86.3 cm³/mol. The van der Waals surface area contributed by atoms with E-state index < -0.39 is 41.9 Å². The van der Waals surface area contributed by atoms with Gasteiger partial charge < -0.3 is 15.2 Å². The Morgan fingerprint density at radius 2 is 1.77 bits per heavy atom. The number of hydrogen-bond acceptors (Lipinski definition) is 4. The second-order valence-electron chi connectivity index (χ2n) is 5.37. The van der Waals surface area contributed by atoms with Crippen LogP contribution in [0.3, 0.4) is 0 Å². The molecule has 2 aromatic carbocycles. The molecule has 0 bridgehead atoms. The molecule has 1 unspecified atom stereocenters. The summed E-state index contributed by atoms with van der Waals surface area (Å²) in [5.41, 5.74) is 0.438. The van der Waals surface area contributed by atoms with Crippen molar-refractivity contribution < 1.29 is 33.0 Å². The van der Waals surface area contributed by atoms with Gasteiger partial charge in [0.25, 0.3) is 5.78 Å². The van der Waals surface area contributed by atoms with E-state index >= 15 is 0 Å². The third-order valence-corrected chi connectivity index (χ3v) is 3.46. The fourth-order valence-corrected chi connectivity index (χ4v) is 2.19. The molecule has 2 aromatic rings. The maximum absolute atomic E-state index is 13.7. The van der Waals surface area contributed by atoms with Crippen LogP contribution in [0.5, 0.6) is 0 Å². The van der Waals surface area contributed by atoms with Gasteiger partial charge in [-0.3, -0.25) is 4.79 Å². The molecule has 0 saturated heterocycles. The largest absolute Gasteiger partial charge is 0.475 e. The quantitative estimate of drug-likeness (QED) is 0.737. The molecular weight excluding hydrogens is 348 g/mol. The standard InChI is InChI=1S/C18H15F2NO5/c19-13-6-7-14(20)12(8-13)9-15(16(22)17(23)24)21-18(25)26-10-11-4-2-1-3-5-11/h1-8,15H,9-10H2,(H,21,25)(H,23,24). The minimum Gasteiger partial charge on any atom is -0.475 e. The van der Waals surface area contributed by atoms with E-state index in [1.807, 2.05) is 0 Å². The Bertz CT molecular complexity index is 810. The molecule has 0 aromatic heterocycles. The molecule has 1 amide bonds. The van der Waals surface area contributed by atoms with Crippen molar-refractivity contribution in [1.82, 2.24) is 5.32 Å². The molecule has 0 radical (unpaired) electrons. The molecular formula is C18H15F2NO5. The zero-order chi connectivity index (χ0) is 19.1. The molecule has 1 atom stereocenters. The molecule has 136 valence electrons. The maximum atomic E-state index is 13.7. The number of ether oxygens (including phenoxy) is 1. The summed E-state index contributed by atoms with van der Waals surface area (Å²) in [6.07, 6.45) is -1.58. The maximum Gasteiger partial charge on any atom is 0.408 e. The summed E-state index contributed by atoms with van der Waals surface area (Å²) < 4.78 is 31.9. The first-order valence-electron chi connectivity index (χ1n) is 7.55. The molecule has 0 heterocycles. The minimum absolute atomic E-state index is 0.102. The van der Waals surface area contributed by atoms with Crippen molar-refractivity contribution in [2.45, 2.75) is 19.1 Å². The summed E-state index contributed by atoms with van der Waals surface area (Å²) in [6.45, 7) is -0.102. The lowest BCUT2D eigenvalue weighted by Gasteiger charge is -2.16. The van der Waals surface area contributed by atoms with Crippen molar-refractivity contribution in [1.29, 1.82) is 0 Å². The number of ketones is 1. The van der Waals surface area contributed by atoms with Gasteiger partial charge in [0.1, 0.15) is 24.3 Å². The first-order chi connectivity index (χ1) is 12.4. The number of carboxylic acids is 1. The van der Waals surface area contributed by atoms with Gasteiger partial charge in [-0.25, -0.2) is 18.4 Å². The third-order valence-electron chi connectivity index (χ3n) is 3.46. The van der Waals surface area contributed by atoms with E-state index in [2.05, 4.69) is 5.32 Å². The molecule has 2 N–H and O–H groups in total. The zero-order valence-corrected chi connectivity index (χ0v) is 13.4. The second kappa shape index (κ2) is 8.70. The summed E-state index contributed by atoms with van der Waals surface area (Å²) in [5, 5.41) is 10.9. The highest BCUT2D eigenvalue weighted by Crippen LogP contribution is 2.13. The number of halogens is 2. The first-order valence-corrected chi connectivity index (χ1v) is 7.55. The number of alkyl carbamates (subject to hydrolysis) is 1. The molecule has 8 heteroatoms. The Balaban J connectivity index is 2.07. The highest BCUT2D eigenvalue weighted by Gasteiger charge is 2.28. The summed E-state index contributed by atoms with van der Waals surface area (Å²) in [5.74, 6) is -4.76. The van der Waals surface area contributed by atoms with Crippen LogP contribution in [0, 0.1) is 11.6 Å². The van der Waals surface area contributed by atoms with Crippen LogP contribution in [-0.4, -0.2) is 29.0 Å². The average Bonchev–Trinajstić information content (AvgIpc) is 2.62. The minimum atomic E-state index is -1.81.